The van der Waals surface area contributed by atoms with Crippen molar-refractivity contribution in [3.63, 3.8) is 0 Å². The molecule has 1 aliphatic carbocycles. The number of anilines is 1. The molecule has 4 rings (SSSR count). The molecule has 4 nitrogen and oxygen atoms in total. The molecule has 0 bridgehead atoms. The van der Waals surface area contributed by atoms with E-state index in [1.54, 1.807) is 6.07 Å². The summed E-state index contributed by atoms with van der Waals surface area (Å²) in [4.78, 5) is 0. The molecule has 2 aliphatic rings. The molecular formula is C22H26Cl2N4. The SMILES string of the molecule is NC1=CC(N)(C2CCC(NCc3cc(Cl)cc(Cl)c3)CC2)c2ccccc2N1. The number of halogens is 2. The average molecular weight is 417 g/mol. The van der Waals surface area contributed by atoms with Crippen LogP contribution in [0, 0.1) is 5.92 Å². The zero-order chi connectivity index (χ0) is 19.7. The van der Waals surface area contributed by atoms with Crippen molar-refractivity contribution in [1.29, 1.82) is 0 Å². The minimum Gasteiger partial charge on any atom is -0.385 e. The van der Waals surface area contributed by atoms with Gasteiger partial charge in [0.05, 0.1) is 11.4 Å². The van der Waals surface area contributed by atoms with E-state index in [9.17, 15) is 0 Å². The third-order valence-electron chi connectivity index (χ3n) is 5.99. The van der Waals surface area contributed by atoms with Crippen molar-refractivity contribution in [1.82, 2.24) is 5.32 Å². The summed E-state index contributed by atoms with van der Waals surface area (Å²) >= 11 is 12.2. The van der Waals surface area contributed by atoms with Crippen LogP contribution in [0.5, 0.6) is 0 Å². The lowest BCUT2D eigenvalue weighted by Gasteiger charge is -2.43. The van der Waals surface area contributed by atoms with Crippen molar-refractivity contribution < 1.29 is 0 Å². The number of fused-ring (bicyclic) bond motifs is 1. The molecule has 1 aliphatic heterocycles. The van der Waals surface area contributed by atoms with Gasteiger partial charge in [0.25, 0.3) is 0 Å². The fourth-order valence-electron chi connectivity index (χ4n) is 4.58. The van der Waals surface area contributed by atoms with Gasteiger partial charge in [0, 0.05) is 28.3 Å². The minimum atomic E-state index is -0.516. The quantitative estimate of drug-likeness (QED) is 0.581. The molecule has 148 valence electrons. The van der Waals surface area contributed by atoms with E-state index in [4.69, 9.17) is 34.7 Å². The van der Waals surface area contributed by atoms with Crippen LogP contribution in [0.2, 0.25) is 10.0 Å². The number of nitrogens with one attached hydrogen (secondary N) is 2. The molecule has 1 unspecified atom stereocenters. The number of rotatable bonds is 4. The van der Waals surface area contributed by atoms with Gasteiger partial charge in [-0.3, -0.25) is 0 Å². The molecule has 6 N–H and O–H groups in total. The molecule has 1 fully saturated rings. The maximum absolute atomic E-state index is 6.93. The van der Waals surface area contributed by atoms with Crippen LogP contribution in [0.1, 0.15) is 36.8 Å². The molecule has 2 aromatic carbocycles. The summed E-state index contributed by atoms with van der Waals surface area (Å²) in [5.74, 6) is 1.01. The van der Waals surface area contributed by atoms with E-state index < -0.39 is 5.54 Å². The maximum atomic E-state index is 6.93. The molecule has 1 heterocycles. The molecule has 0 aromatic heterocycles. The fraction of sp³-hybridized carbons (Fsp3) is 0.364. The van der Waals surface area contributed by atoms with Crippen LogP contribution in [0.25, 0.3) is 0 Å². The number of hydrogen-bond acceptors (Lipinski definition) is 4. The monoisotopic (exact) mass is 416 g/mol. The van der Waals surface area contributed by atoms with Gasteiger partial charge in [-0.1, -0.05) is 41.4 Å². The van der Waals surface area contributed by atoms with Crippen molar-refractivity contribution in [2.45, 2.75) is 43.8 Å². The van der Waals surface area contributed by atoms with Crippen LogP contribution in [0.3, 0.4) is 0 Å². The van der Waals surface area contributed by atoms with Gasteiger partial charge in [-0.05, 0) is 73.1 Å². The lowest BCUT2D eigenvalue weighted by Crippen LogP contribution is -2.48. The van der Waals surface area contributed by atoms with Gasteiger partial charge in [0.15, 0.2) is 0 Å². The normalized spacial score (nSPS) is 26.9. The first-order chi connectivity index (χ1) is 13.4. The lowest BCUT2D eigenvalue weighted by molar-refractivity contribution is 0.216. The molecule has 0 saturated heterocycles. The Balaban J connectivity index is 1.40. The van der Waals surface area contributed by atoms with Gasteiger partial charge >= 0.3 is 0 Å². The van der Waals surface area contributed by atoms with Gasteiger partial charge in [-0.2, -0.15) is 0 Å². The first-order valence-electron chi connectivity index (χ1n) is 9.76. The Bertz CT molecular complexity index is 870. The predicted octanol–water partition coefficient (Wildman–Crippen LogP) is 4.72. The number of para-hydroxylation sites is 1. The fourth-order valence-corrected chi connectivity index (χ4v) is 5.16. The van der Waals surface area contributed by atoms with Crippen molar-refractivity contribution in [3.05, 3.63) is 75.5 Å². The highest BCUT2D eigenvalue weighted by molar-refractivity contribution is 6.34. The topological polar surface area (TPSA) is 76.1 Å². The molecule has 0 radical (unpaired) electrons. The molecular weight excluding hydrogens is 391 g/mol. The maximum Gasteiger partial charge on any atom is 0.0985 e. The van der Waals surface area contributed by atoms with Crippen LogP contribution >= 0.6 is 23.2 Å². The molecule has 6 heteroatoms. The van der Waals surface area contributed by atoms with Gasteiger partial charge in [0.1, 0.15) is 0 Å². The summed E-state index contributed by atoms with van der Waals surface area (Å²) in [5.41, 5.74) is 15.8. The smallest absolute Gasteiger partial charge is 0.0985 e. The van der Waals surface area contributed by atoms with Gasteiger partial charge < -0.3 is 22.1 Å². The second-order valence-electron chi connectivity index (χ2n) is 7.91. The van der Waals surface area contributed by atoms with E-state index in [-0.39, 0.29) is 0 Å². The molecule has 1 saturated carbocycles. The zero-order valence-corrected chi connectivity index (χ0v) is 17.2. The lowest BCUT2D eigenvalue weighted by atomic mass is 9.69. The third-order valence-corrected chi connectivity index (χ3v) is 6.42. The van der Waals surface area contributed by atoms with Crippen LogP contribution in [-0.4, -0.2) is 6.04 Å². The Hall–Kier alpha value is -1.72. The average Bonchev–Trinajstić information content (AvgIpc) is 2.66. The van der Waals surface area contributed by atoms with Crippen molar-refractivity contribution in [2.75, 3.05) is 5.32 Å². The number of hydrogen-bond donors (Lipinski definition) is 4. The van der Waals surface area contributed by atoms with Crippen LogP contribution in [-0.2, 0) is 12.1 Å². The highest BCUT2D eigenvalue weighted by Crippen LogP contribution is 2.43. The molecule has 1 atom stereocenters. The highest BCUT2D eigenvalue weighted by atomic mass is 35.5. The first-order valence-corrected chi connectivity index (χ1v) is 10.5. The van der Waals surface area contributed by atoms with E-state index in [1.807, 2.05) is 36.4 Å². The first kappa shape index (κ1) is 19.6. The van der Waals surface area contributed by atoms with E-state index in [0.29, 0.717) is 27.8 Å². The largest absolute Gasteiger partial charge is 0.385 e. The van der Waals surface area contributed by atoms with Crippen LogP contribution in [0.4, 0.5) is 5.69 Å². The van der Waals surface area contributed by atoms with E-state index >= 15 is 0 Å². The standard InChI is InChI=1S/C22H26Cl2N4/c23-16-9-14(10-17(24)11-16)13-27-18-7-5-15(6-8-18)22(26)12-21(25)28-20-4-2-1-3-19(20)22/h1-4,9-12,15,18,27-28H,5-8,13,25-26H2. The van der Waals surface area contributed by atoms with Gasteiger partial charge in [0.2, 0.25) is 0 Å². The van der Waals surface area contributed by atoms with E-state index in [2.05, 4.69) is 16.7 Å². The summed E-state index contributed by atoms with van der Waals surface area (Å²) < 4.78 is 0. The van der Waals surface area contributed by atoms with Crippen molar-refractivity contribution in [3.8, 4) is 0 Å². The second-order valence-corrected chi connectivity index (χ2v) is 8.78. The van der Waals surface area contributed by atoms with E-state index in [0.717, 1.165) is 49.0 Å². The summed E-state index contributed by atoms with van der Waals surface area (Å²) in [6, 6.07) is 14.3. The highest BCUT2D eigenvalue weighted by Gasteiger charge is 2.40. The number of nitrogens with two attached hydrogens (primary N) is 2. The van der Waals surface area contributed by atoms with Crippen LogP contribution in [0.15, 0.2) is 54.4 Å². The Morgan fingerprint density at radius 2 is 1.71 bits per heavy atom. The Morgan fingerprint density at radius 3 is 2.43 bits per heavy atom. The predicted molar refractivity (Wildman–Crippen MR) is 117 cm³/mol. The van der Waals surface area contributed by atoms with Crippen molar-refractivity contribution >= 4 is 28.9 Å². The van der Waals surface area contributed by atoms with Gasteiger partial charge in [-0.25, -0.2) is 0 Å². The number of benzene rings is 2. The molecule has 28 heavy (non-hydrogen) atoms. The molecule has 0 amide bonds. The molecule has 2 aromatic rings. The zero-order valence-electron chi connectivity index (χ0n) is 15.7. The molecule has 0 spiro atoms. The summed E-state index contributed by atoms with van der Waals surface area (Å²) in [6.07, 6.45) is 6.29. The summed E-state index contributed by atoms with van der Waals surface area (Å²) in [7, 11) is 0. The van der Waals surface area contributed by atoms with Crippen molar-refractivity contribution in [2.24, 2.45) is 17.4 Å². The summed E-state index contributed by atoms with van der Waals surface area (Å²) in [5, 5.41) is 8.23. The van der Waals surface area contributed by atoms with E-state index in [1.165, 1.54) is 0 Å². The minimum absolute atomic E-state index is 0.368. The Labute approximate surface area is 176 Å². The van der Waals surface area contributed by atoms with Gasteiger partial charge in [-0.15, -0.1) is 0 Å². The Kier molecular flexibility index (Phi) is 5.57. The third kappa shape index (κ3) is 4.01. The summed E-state index contributed by atoms with van der Waals surface area (Å²) in [6.45, 7) is 0.767. The second kappa shape index (κ2) is 7.96. The van der Waals surface area contributed by atoms with Crippen LogP contribution < -0.4 is 22.1 Å². The Morgan fingerprint density at radius 1 is 1.04 bits per heavy atom.